The van der Waals surface area contributed by atoms with Gasteiger partial charge in [0.2, 0.25) is 0 Å². The number of methoxy groups -OCH3 is 1. The molecule has 174 valence electrons. The SMILES string of the molecule is CCN(Cc1ccc(C(=O)NCC2(c3cc(C)ccc3OC)CCOCC2)cc1)C(C)C. The van der Waals surface area contributed by atoms with Crippen LogP contribution in [0.3, 0.4) is 0 Å². The number of nitrogens with one attached hydrogen (secondary N) is 1. The Balaban J connectivity index is 1.73. The van der Waals surface area contributed by atoms with Gasteiger partial charge >= 0.3 is 0 Å². The Labute approximate surface area is 193 Å². The molecule has 1 heterocycles. The first kappa shape index (κ1) is 24.3. The molecule has 1 saturated heterocycles. The fourth-order valence-corrected chi connectivity index (χ4v) is 4.55. The minimum Gasteiger partial charge on any atom is -0.496 e. The van der Waals surface area contributed by atoms with Crippen LogP contribution in [0.15, 0.2) is 42.5 Å². The summed E-state index contributed by atoms with van der Waals surface area (Å²) < 4.78 is 11.3. The van der Waals surface area contributed by atoms with Crippen molar-refractivity contribution in [1.82, 2.24) is 10.2 Å². The molecule has 0 spiro atoms. The third kappa shape index (κ3) is 5.70. The van der Waals surface area contributed by atoms with E-state index in [1.165, 1.54) is 11.1 Å². The Morgan fingerprint density at radius 3 is 2.44 bits per heavy atom. The first-order valence-corrected chi connectivity index (χ1v) is 11.7. The maximum atomic E-state index is 13.0. The lowest BCUT2D eigenvalue weighted by atomic mass is 9.73. The summed E-state index contributed by atoms with van der Waals surface area (Å²) in [6, 6.07) is 14.8. The van der Waals surface area contributed by atoms with Gasteiger partial charge in [-0.1, -0.05) is 36.8 Å². The van der Waals surface area contributed by atoms with E-state index in [2.05, 4.69) is 62.2 Å². The van der Waals surface area contributed by atoms with Crippen LogP contribution in [0.2, 0.25) is 0 Å². The van der Waals surface area contributed by atoms with Crippen molar-refractivity contribution >= 4 is 5.91 Å². The average molecular weight is 439 g/mol. The van der Waals surface area contributed by atoms with Crippen LogP contribution in [0, 0.1) is 6.92 Å². The molecular formula is C27H38N2O3. The number of hydrogen-bond acceptors (Lipinski definition) is 4. The minimum atomic E-state index is -0.190. The number of nitrogens with zero attached hydrogens (tertiary/aromatic N) is 1. The number of benzene rings is 2. The van der Waals surface area contributed by atoms with Gasteiger partial charge in [-0.15, -0.1) is 0 Å². The van der Waals surface area contributed by atoms with Crippen LogP contribution in [-0.4, -0.2) is 50.3 Å². The molecule has 2 aromatic carbocycles. The summed E-state index contributed by atoms with van der Waals surface area (Å²) in [5.41, 5.74) is 4.08. The molecule has 1 amide bonds. The molecule has 0 bridgehead atoms. The zero-order chi connectivity index (χ0) is 23.1. The zero-order valence-electron chi connectivity index (χ0n) is 20.2. The number of ether oxygens (including phenoxy) is 2. The third-order valence-electron chi connectivity index (χ3n) is 6.70. The van der Waals surface area contributed by atoms with Crippen molar-refractivity contribution in [3.05, 3.63) is 64.7 Å². The van der Waals surface area contributed by atoms with Gasteiger partial charge in [0, 0.05) is 48.9 Å². The van der Waals surface area contributed by atoms with Crippen molar-refractivity contribution in [3.8, 4) is 5.75 Å². The Kier molecular flexibility index (Phi) is 8.32. The second-order valence-corrected chi connectivity index (χ2v) is 9.13. The van der Waals surface area contributed by atoms with Crippen molar-refractivity contribution in [1.29, 1.82) is 0 Å². The van der Waals surface area contributed by atoms with Gasteiger partial charge in [0.05, 0.1) is 7.11 Å². The van der Waals surface area contributed by atoms with E-state index in [-0.39, 0.29) is 11.3 Å². The van der Waals surface area contributed by atoms with E-state index in [1.54, 1.807) is 7.11 Å². The van der Waals surface area contributed by atoms with E-state index in [4.69, 9.17) is 9.47 Å². The van der Waals surface area contributed by atoms with Crippen molar-refractivity contribution in [2.24, 2.45) is 0 Å². The molecule has 2 aromatic rings. The van der Waals surface area contributed by atoms with Gasteiger partial charge in [0.1, 0.15) is 5.75 Å². The average Bonchev–Trinajstić information content (AvgIpc) is 2.81. The Bertz CT molecular complexity index is 886. The Hall–Kier alpha value is -2.37. The van der Waals surface area contributed by atoms with Crippen molar-refractivity contribution in [2.45, 2.75) is 58.5 Å². The summed E-state index contributed by atoms with van der Waals surface area (Å²) in [5, 5.41) is 3.21. The topological polar surface area (TPSA) is 50.8 Å². The Morgan fingerprint density at radius 2 is 1.84 bits per heavy atom. The molecule has 0 saturated carbocycles. The number of hydrogen-bond donors (Lipinski definition) is 1. The summed E-state index contributed by atoms with van der Waals surface area (Å²) in [6.45, 7) is 12.5. The van der Waals surface area contributed by atoms with Gasteiger partial charge < -0.3 is 14.8 Å². The van der Waals surface area contributed by atoms with Gasteiger partial charge in [-0.05, 0) is 63.9 Å². The Morgan fingerprint density at radius 1 is 1.16 bits per heavy atom. The van der Waals surface area contributed by atoms with Gasteiger partial charge in [0.25, 0.3) is 5.91 Å². The molecule has 1 aliphatic heterocycles. The lowest BCUT2D eigenvalue weighted by Gasteiger charge is -2.38. The first-order valence-electron chi connectivity index (χ1n) is 11.7. The molecule has 1 aliphatic rings. The highest BCUT2D eigenvalue weighted by Gasteiger charge is 2.37. The fraction of sp³-hybridized carbons (Fsp3) is 0.519. The summed E-state index contributed by atoms with van der Waals surface area (Å²) in [6.07, 6.45) is 1.71. The normalized spacial score (nSPS) is 15.7. The predicted octanol–water partition coefficient (Wildman–Crippen LogP) is 4.71. The van der Waals surface area contributed by atoms with Gasteiger partial charge in [-0.25, -0.2) is 0 Å². The van der Waals surface area contributed by atoms with Crippen LogP contribution >= 0.6 is 0 Å². The molecule has 1 fully saturated rings. The highest BCUT2D eigenvalue weighted by Crippen LogP contribution is 2.40. The van der Waals surface area contributed by atoms with Gasteiger partial charge in [-0.2, -0.15) is 0 Å². The highest BCUT2D eigenvalue weighted by molar-refractivity contribution is 5.94. The van der Waals surface area contributed by atoms with Crippen LogP contribution in [0.5, 0.6) is 5.75 Å². The molecule has 0 aromatic heterocycles. The second-order valence-electron chi connectivity index (χ2n) is 9.13. The molecular weight excluding hydrogens is 400 g/mol. The standard InChI is InChI=1S/C27H38N2O3/c1-6-29(20(2)3)18-22-8-10-23(11-9-22)26(30)28-19-27(13-15-32-16-14-27)24-17-21(4)7-12-25(24)31-5/h7-12,17,20H,6,13-16,18-19H2,1-5H3,(H,28,30). The minimum absolute atomic E-state index is 0.0368. The monoisotopic (exact) mass is 438 g/mol. The summed E-state index contributed by atoms with van der Waals surface area (Å²) in [5.74, 6) is 0.840. The number of amides is 1. The van der Waals surface area contributed by atoms with E-state index in [0.717, 1.165) is 37.2 Å². The largest absolute Gasteiger partial charge is 0.496 e. The molecule has 5 heteroatoms. The lowest BCUT2D eigenvalue weighted by molar-refractivity contribution is 0.0479. The fourth-order valence-electron chi connectivity index (χ4n) is 4.55. The van der Waals surface area contributed by atoms with E-state index < -0.39 is 0 Å². The van der Waals surface area contributed by atoms with E-state index >= 15 is 0 Å². The zero-order valence-corrected chi connectivity index (χ0v) is 20.2. The number of carbonyl (C=O) groups is 1. The summed E-state index contributed by atoms with van der Waals surface area (Å²) in [7, 11) is 1.71. The maximum Gasteiger partial charge on any atom is 0.251 e. The third-order valence-corrected chi connectivity index (χ3v) is 6.70. The molecule has 3 rings (SSSR count). The number of carbonyl (C=O) groups excluding carboxylic acids is 1. The number of rotatable bonds is 9. The van der Waals surface area contributed by atoms with E-state index in [0.29, 0.717) is 31.4 Å². The van der Waals surface area contributed by atoms with Crippen LogP contribution in [0.1, 0.15) is 60.7 Å². The van der Waals surface area contributed by atoms with Gasteiger partial charge in [-0.3, -0.25) is 9.69 Å². The van der Waals surface area contributed by atoms with Crippen molar-refractivity contribution in [2.75, 3.05) is 33.4 Å². The smallest absolute Gasteiger partial charge is 0.251 e. The maximum absolute atomic E-state index is 13.0. The van der Waals surface area contributed by atoms with Crippen molar-refractivity contribution < 1.29 is 14.3 Å². The van der Waals surface area contributed by atoms with Crippen LogP contribution < -0.4 is 10.1 Å². The van der Waals surface area contributed by atoms with Gasteiger partial charge in [0.15, 0.2) is 0 Å². The van der Waals surface area contributed by atoms with Crippen LogP contribution in [0.4, 0.5) is 0 Å². The van der Waals surface area contributed by atoms with E-state index in [1.807, 2.05) is 18.2 Å². The molecule has 32 heavy (non-hydrogen) atoms. The van der Waals surface area contributed by atoms with Crippen LogP contribution in [0.25, 0.3) is 0 Å². The molecule has 0 atom stereocenters. The second kappa shape index (κ2) is 11.0. The summed E-state index contributed by atoms with van der Waals surface area (Å²) in [4.78, 5) is 15.4. The summed E-state index contributed by atoms with van der Waals surface area (Å²) >= 11 is 0. The first-order chi connectivity index (χ1) is 15.4. The number of aryl methyl sites for hydroxylation is 1. The molecule has 0 radical (unpaired) electrons. The lowest BCUT2D eigenvalue weighted by Crippen LogP contribution is -2.44. The molecule has 0 aliphatic carbocycles. The van der Waals surface area contributed by atoms with E-state index in [9.17, 15) is 4.79 Å². The molecule has 5 nitrogen and oxygen atoms in total. The predicted molar refractivity (Wildman–Crippen MR) is 129 cm³/mol. The van der Waals surface area contributed by atoms with Crippen molar-refractivity contribution in [3.63, 3.8) is 0 Å². The highest BCUT2D eigenvalue weighted by atomic mass is 16.5. The quantitative estimate of drug-likeness (QED) is 0.616. The van der Waals surface area contributed by atoms with Crippen LogP contribution in [-0.2, 0) is 16.7 Å². The molecule has 0 unspecified atom stereocenters. The molecule has 1 N–H and O–H groups in total.